The van der Waals surface area contributed by atoms with Crippen molar-refractivity contribution in [2.45, 2.75) is 31.6 Å². The van der Waals surface area contributed by atoms with Gasteiger partial charge in [-0.1, -0.05) is 11.3 Å². The number of carbonyl (C=O) groups excluding carboxylic acids is 1. The molecule has 8 heteroatoms. The molecule has 0 bridgehead atoms. The van der Waals surface area contributed by atoms with Gasteiger partial charge in [0.25, 0.3) is 0 Å². The maximum Gasteiger partial charge on any atom is 0.227 e. The predicted octanol–water partition coefficient (Wildman–Crippen LogP) is 1.47. The standard InChI is InChI=1S/C16H16F2N4O2/c17-12-2-1-10(5-13(12)18)6-16(23)21-4-3-15-14(8-21)22-11(9-24-15)7-19-20-22/h1-2,5,7,14-15H,3-4,6,8-9H2/t14-,15-/m1/s1. The number of likely N-dealkylation sites (tertiary alicyclic amines) is 1. The maximum absolute atomic E-state index is 13.3. The number of fused-ring (bicyclic) bond motifs is 3. The number of benzene rings is 1. The monoisotopic (exact) mass is 334 g/mol. The lowest BCUT2D eigenvalue weighted by molar-refractivity contribution is -0.137. The first-order valence-corrected chi connectivity index (χ1v) is 7.84. The summed E-state index contributed by atoms with van der Waals surface area (Å²) in [6.07, 6.45) is 2.44. The minimum atomic E-state index is -0.938. The summed E-state index contributed by atoms with van der Waals surface area (Å²) < 4.78 is 33.9. The van der Waals surface area contributed by atoms with Crippen molar-refractivity contribution < 1.29 is 18.3 Å². The van der Waals surface area contributed by atoms with Crippen molar-refractivity contribution in [3.63, 3.8) is 0 Å². The summed E-state index contributed by atoms with van der Waals surface area (Å²) in [5.41, 5.74) is 1.36. The van der Waals surface area contributed by atoms with Gasteiger partial charge in [-0.2, -0.15) is 0 Å². The van der Waals surface area contributed by atoms with Crippen LogP contribution in [0.2, 0.25) is 0 Å². The Morgan fingerprint density at radius 2 is 2.21 bits per heavy atom. The van der Waals surface area contributed by atoms with Crippen LogP contribution in [0.15, 0.2) is 24.4 Å². The van der Waals surface area contributed by atoms with Crippen LogP contribution in [0, 0.1) is 11.6 Å². The van der Waals surface area contributed by atoms with Gasteiger partial charge in [0.15, 0.2) is 11.6 Å². The van der Waals surface area contributed by atoms with Crippen LogP contribution in [0.4, 0.5) is 8.78 Å². The lowest BCUT2D eigenvalue weighted by atomic mass is 9.99. The fraction of sp³-hybridized carbons (Fsp3) is 0.438. The number of hydrogen-bond acceptors (Lipinski definition) is 4. The van der Waals surface area contributed by atoms with Crippen molar-refractivity contribution in [2.75, 3.05) is 13.1 Å². The SMILES string of the molecule is O=C(Cc1ccc(F)c(F)c1)N1CC[C@H]2OCc3cnnn3[C@@H]2C1. The van der Waals surface area contributed by atoms with Crippen LogP contribution in [0.3, 0.4) is 0 Å². The molecule has 2 aliphatic rings. The molecule has 1 amide bonds. The van der Waals surface area contributed by atoms with Gasteiger partial charge in [0.05, 0.1) is 37.1 Å². The van der Waals surface area contributed by atoms with E-state index in [9.17, 15) is 13.6 Å². The molecule has 0 N–H and O–H groups in total. The van der Waals surface area contributed by atoms with Gasteiger partial charge in [-0.25, -0.2) is 13.5 Å². The van der Waals surface area contributed by atoms with Gasteiger partial charge in [0, 0.05) is 13.1 Å². The number of halogens is 2. The highest BCUT2D eigenvalue weighted by Crippen LogP contribution is 2.30. The highest BCUT2D eigenvalue weighted by Gasteiger charge is 2.37. The minimum absolute atomic E-state index is 0.0199. The third kappa shape index (κ3) is 2.66. The molecule has 0 unspecified atom stereocenters. The van der Waals surface area contributed by atoms with Gasteiger partial charge in [-0.15, -0.1) is 5.10 Å². The van der Waals surface area contributed by atoms with E-state index in [2.05, 4.69) is 10.3 Å². The fourth-order valence-corrected chi connectivity index (χ4v) is 3.34. The van der Waals surface area contributed by atoms with Crippen molar-refractivity contribution >= 4 is 5.91 Å². The number of aromatic nitrogens is 3. The molecule has 2 aromatic rings. The molecule has 1 saturated heterocycles. The number of carbonyl (C=O) groups is 1. The lowest BCUT2D eigenvalue weighted by Gasteiger charge is -2.41. The van der Waals surface area contributed by atoms with Gasteiger partial charge < -0.3 is 9.64 Å². The molecule has 0 radical (unpaired) electrons. The van der Waals surface area contributed by atoms with Gasteiger partial charge >= 0.3 is 0 Å². The van der Waals surface area contributed by atoms with Crippen molar-refractivity contribution in [1.29, 1.82) is 0 Å². The Labute approximate surface area is 137 Å². The van der Waals surface area contributed by atoms with E-state index in [0.29, 0.717) is 31.7 Å². The van der Waals surface area contributed by atoms with Crippen LogP contribution < -0.4 is 0 Å². The highest BCUT2D eigenvalue weighted by molar-refractivity contribution is 5.79. The molecular weight excluding hydrogens is 318 g/mol. The molecule has 0 aliphatic carbocycles. The summed E-state index contributed by atoms with van der Waals surface area (Å²) in [5.74, 6) is -1.97. The molecular formula is C16H16F2N4O2. The zero-order valence-corrected chi connectivity index (χ0v) is 12.9. The first-order chi connectivity index (χ1) is 11.6. The number of nitrogens with zero attached hydrogens (tertiary/aromatic N) is 4. The molecule has 2 aliphatic heterocycles. The lowest BCUT2D eigenvalue weighted by Crippen LogP contribution is -2.50. The first kappa shape index (κ1) is 15.2. The van der Waals surface area contributed by atoms with E-state index in [4.69, 9.17) is 4.74 Å². The number of amides is 1. The molecule has 4 rings (SSSR count). The van der Waals surface area contributed by atoms with Crippen LogP contribution in [-0.2, 0) is 22.6 Å². The Morgan fingerprint density at radius 3 is 3.04 bits per heavy atom. The van der Waals surface area contributed by atoms with Gasteiger partial charge in [0.2, 0.25) is 5.91 Å². The summed E-state index contributed by atoms with van der Waals surface area (Å²) in [7, 11) is 0. The Kier molecular flexibility index (Phi) is 3.76. The number of piperidine rings is 1. The topological polar surface area (TPSA) is 60.3 Å². The van der Waals surface area contributed by atoms with E-state index >= 15 is 0 Å². The molecule has 126 valence electrons. The van der Waals surface area contributed by atoms with E-state index in [1.807, 2.05) is 4.68 Å². The average Bonchev–Trinajstić information content (AvgIpc) is 3.07. The van der Waals surface area contributed by atoms with Gasteiger partial charge in [-0.05, 0) is 24.1 Å². The second kappa shape index (κ2) is 5.94. The van der Waals surface area contributed by atoms with Crippen LogP contribution in [-0.4, -0.2) is 45.0 Å². The van der Waals surface area contributed by atoms with Crippen LogP contribution in [0.5, 0.6) is 0 Å². The van der Waals surface area contributed by atoms with Crippen LogP contribution >= 0.6 is 0 Å². The van der Waals surface area contributed by atoms with Crippen LogP contribution in [0.1, 0.15) is 23.7 Å². The fourth-order valence-electron chi connectivity index (χ4n) is 3.34. The number of hydrogen-bond donors (Lipinski definition) is 0. The molecule has 6 nitrogen and oxygen atoms in total. The normalized spacial score (nSPS) is 22.8. The summed E-state index contributed by atoms with van der Waals surface area (Å²) in [6, 6.07) is 3.49. The number of ether oxygens (including phenoxy) is 1. The Hall–Kier alpha value is -2.35. The van der Waals surface area contributed by atoms with Crippen molar-refractivity contribution in [1.82, 2.24) is 19.9 Å². The largest absolute Gasteiger partial charge is 0.370 e. The van der Waals surface area contributed by atoms with E-state index in [-0.39, 0.29) is 24.5 Å². The molecule has 1 fully saturated rings. The second-order valence-electron chi connectivity index (χ2n) is 6.14. The third-order valence-corrected chi connectivity index (χ3v) is 4.62. The average molecular weight is 334 g/mol. The quantitative estimate of drug-likeness (QED) is 0.834. The zero-order chi connectivity index (χ0) is 16.7. The zero-order valence-electron chi connectivity index (χ0n) is 12.9. The highest BCUT2D eigenvalue weighted by atomic mass is 19.2. The molecule has 1 aromatic carbocycles. The molecule has 1 aromatic heterocycles. The molecule has 24 heavy (non-hydrogen) atoms. The van der Waals surface area contributed by atoms with Gasteiger partial charge in [0.1, 0.15) is 0 Å². The maximum atomic E-state index is 13.3. The van der Waals surface area contributed by atoms with E-state index in [1.54, 1.807) is 11.1 Å². The smallest absolute Gasteiger partial charge is 0.227 e. The summed E-state index contributed by atoms with van der Waals surface area (Å²) >= 11 is 0. The minimum Gasteiger partial charge on any atom is -0.370 e. The van der Waals surface area contributed by atoms with E-state index in [0.717, 1.165) is 17.8 Å². The van der Waals surface area contributed by atoms with Gasteiger partial charge in [-0.3, -0.25) is 4.79 Å². The van der Waals surface area contributed by atoms with E-state index in [1.165, 1.54) is 6.07 Å². The Balaban J connectivity index is 1.47. The van der Waals surface area contributed by atoms with E-state index < -0.39 is 11.6 Å². The third-order valence-electron chi connectivity index (χ3n) is 4.62. The number of rotatable bonds is 2. The summed E-state index contributed by atoms with van der Waals surface area (Å²) in [5, 5.41) is 8.00. The van der Waals surface area contributed by atoms with Crippen LogP contribution in [0.25, 0.3) is 0 Å². The molecule has 3 heterocycles. The Bertz CT molecular complexity index is 779. The Morgan fingerprint density at radius 1 is 1.33 bits per heavy atom. The molecule has 0 saturated carbocycles. The predicted molar refractivity (Wildman–Crippen MR) is 78.9 cm³/mol. The summed E-state index contributed by atoms with van der Waals surface area (Å²) in [6.45, 7) is 1.54. The molecule has 0 spiro atoms. The second-order valence-corrected chi connectivity index (χ2v) is 6.14. The first-order valence-electron chi connectivity index (χ1n) is 7.84. The van der Waals surface area contributed by atoms with Crippen molar-refractivity contribution in [3.8, 4) is 0 Å². The van der Waals surface area contributed by atoms with Crippen molar-refractivity contribution in [2.24, 2.45) is 0 Å². The summed E-state index contributed by atoms with van der Waals surface area (Å²) in [4.78, 5) is 14.2. The van der Waals surface area contributed by atoms with Crippen molar-refractivity contribution in [3.05, 3.63) is 47.3 Å². The molecule has 2 atom stereocenters.